The van der Waals surface area contributed by atoms with E-state index in [1.165, 1.54) is 0 Å². The molecule has 0 bridgehead atoms. The quantitative estimate of drug-likeness (QED) is 0.844. The molecule has 0 aliphatic heterocycles. The summed E-state index contributed by atoms with van der Waals surface area (Å²) in [5.74, 6) is 0. The number of benzene rings is 2. The van der Waals surface area contributed by atoms with Crippen LogP contribution in [-0.4, -0.2) is 16.8 Å². The first-order valence-electron chi connectivity index (χ1n) is 7.28. The molecule has 0 unspecified atom stereocenters. The van der Waals surface area contributed by atoms with Crippen LogP contribution >= 0.6 is 11.6 Å². The highest BCUT2D eigenvalue weighted by atomic mass is 35.5. The molecule has 0 heterocycles. The summed E-state index contributed by atoms with van der Waals surface area (Å²) in [6.07, 6.45) is -0.527. The van der Waals surface area contributed by atoms with Crippen molar-refractivity contribution in [2.24, 2.45) is 0 Å². The second-order valence-electron chi connectivity index (χ2n) is 6.16. The van der Waals surface area contributed by atoms with E-state index in [2.05, 4.69) is 5.32 Å². The lowest BCUT2D eigenvalue weighted by atomic mass is 9.99. The van der Waals surface area contributed by atoms with Crippen LogP contribution in [0.5, 0.6) is 0 Å². The minimum absolute atomic E-state index is 0.137. The highest BCUT2D eigenvalue weighted by Crippen LogP contribution is 2.28. The van der Waals surface area contributed by atoms with Crippen LogP contribution in [0.15, 0.2) is 42.5 Å². The Bertz CT molecular complexity index is 690. The van der Waals surface area contributed by atoms with Crippen molar-refractivity contribution in [3.05, 3.63) is 53.1 Å². The van der Waals surface area contributed by atoms with Gasteiger partial charge in [-0.1, -0.05) is 29.8 Å². The van der Waals surface area contributed by atoms with Crippen LogP contribution in [0.25, 0.3) is 11.1 Å². The topological polar surface area (TPSA) is 58.6 Å². The molecule has 1 amide bonds. The fourth-order valence-corrected chi connectivity index (χ4v) is 2.26. The van der Waals surface area contributed by atoms with Gasteiger partial charge in [0.1, 0.15) is 5.60 Å². The Kier molecular flexibility index (Phi) is 5.29. The number of ether oxygens (including phenoxy) is 1. The zero-order chi connectivity index (χ0) is 17.0. The maximum atomic E-state index is 11.8. The summed E-state index contributed by atoms with van der Waals surface area (Å²) in [6, 6.07) is 12.7. The van der Waals surface area contributed by atoms with Crippen molar-refractivity contribution in [2.45, 2.75) is 33.0 Å². The molecule has 0 aliphatic carbocycles. The minimum atomic E-state index is -0.562. The number of amides is 1. The summed E-state index contributed by atoms with van der Waals surface area (Å²) >= 11 is 5.90. The van der Waals surface area contributed by atoms with Gasteiger partial charge in [0.15, 0.2) is 0 Å². The smallest absolute Gasteiger partial charge is 0.412 e. The van der Waals surface area contributed by atoms with E-state index in [1.54, 1.807) is 45.0 Å². The van der Waals surface area contributed by atoms with Crippen LogP contribution in [0.4, 0.5) is 10.5 Å². The summed E-state index contributed by atoms with van der Waals surface area (Å²) in [5, 5.41) is 12.9. The van der Waals surface area contributed by atoms with Gasteiger partial charge in [-0.05, 0) is 61.7 Å². The molecule has 0 fully saturated rings. The lowest BCUT2D eigenvalue weighted by Gasteiger charge is -2.20. The second-order valence-corrected chi connectivity index (χ2v) is 6.60. The van der Waals surface area contributed by atoms with E-state index in [-0.39, 0.29) is 6.61 Å². The monoisotopic (exact) mass is 333 g/mol. The molecule has 0 spiro atoms. The second kappa shape index (κ2) is 7.02. The van der Waals surface area contributed by atoms with Crippen LogP contribution in [0.3, 0.4) is 0 Å². The molecule has 0 saturated heterocycles. The third-order valence-corrected chi connectivity index (χ3v) is 3.33. The van der Waals surface area contributed by atoms with Crippen LogP contribution in [0, 0.1) is 0 Å². The molecule has 0 radical (unpaired) electrons. The van der Waals surface area contributed by atoms with Gasteiger partial charge in [0.05, 0.1) is 6.61 Å². The van der Waals surface area contributed by atoms with Crippen molar-refractivity contribution in [2.75, 3.05) is 5.32 Å². The van der Waals surface area contributed by atoms with Crippen molar-refractivity contribution in [1.29, 1.82) is 0 Å². The Morgan fingerprint density at radius 1 is 1.17 bits per heavy atom. The van der Waals surface area contributed by atoms with Gasteiger partial charge in [-0.15, -0.1) is 0 Å². The van der Waals surface area contributed by atoms with E-state index >= 15 is 0 Å². The van der Waals surface area contributed by atoms with E-state index < -0.39 is 11.7 Å². The van der Waals surface area contributed by atoms with Crippen LogP contribution in [-0.2, 0) is 11.3 Å². The first-order chi connectivity index (χ1) is 10.8. The van der Waals surface area contributed by atoms with Gasteiger partial charge in [-0.3, -0.25) is 5.32 Å². The van der Waals surface area contributed by atoms with Crippen molar-refractivity contribution < 1.29 is 14.6 Å². The van der Waals surface area contributed by atoms with E-state index in [0.717, 1.165) is 11.1 Å². The number of carbonyl (C=O) groups excluding carboxylic acids is 1. The number of hydrogen-bond acceptors (Lipinski definition) is 3. The average Bonchev–Trinajstić information content (AvgIpc) is 2.46. The molecule has 2 aromatic rings. The molecule has 0 atom stereocenters. The molecule has 2 N–H and O–H groups in total. The predicted octanol–water partition coefficient (Wildman–Crippen LogP) is 4.85. The summed E-state index contributed by atoms with van der Waals surface area (Å²) in [7, 11) is 0. The molecule has 2 aromatic carbocycles. The molecule has 0 aromatic heterocycles. The fourth-order valence-electron chi connectivity index (χ4n) is 2.13. The molecule has 4 nitrogen and oxygen atoms in total. The number of hydrogen-bond donors (Lipinski definition) is 2. The molecule has 2 rings (SSSR count). The Morgan fingerprint density at radius 2 is 1.83 bits per heavy atom. The number of carbonyl (C=O) groups is 1. The first kappa shape index (κ1) is 17.3. The van der Waals surface area contributed by atoms with Gasteiger partial charge in [0.2, 0.25) is 0 Å². The fraction of sp³-hybridized carbons (Fsp3) is 0.278. The third-order valence-electron chi connectivity index (χ3n) is 3.08. The Balaban J connectivity index is 2.23. The molecule has 0 aliphatic rings. The van der Waals surface area contributed by atoms with E-state index in [0.29, 0.717) is 16.3 Å². The maximum absolute atomic E-state index is 11.8. The lowest BCUT2D eigenvalue weighted by molar-refractivity contribution is 0.0636. The summed E-state index contributed by atoms with van der Waals surface area (Å²) in [6.45, 7) is 5.27. The minimum Gasteiger partial charge on any atom is -0.444 e. The predicted molar refractivity (Wildman–Crippen MR) is 92.7 cm³/mol. The van der Waals surface area contributed by atoms with Crippen molar-refractivity contribution in [3.8, 4) is 11.1 Å². The van der Waals surface area contributed by atoms with Crippen LogP contribution in [0.1, 0.15) is 26.3 Å². The number of aliphatic hydroxyl groups is 1. The SMILES string of the molecule is CC(C)(C)OC(=O)Nc1ccc(-c2ccc(Cl)cc2)c(CO)c1. The van der Waals surface area contributed by atoms with Gasteiger partial charge >= 0.3 is 6.09 Å². The summed E-state index contributed by atoms with van der Waals surface area (Å²) in [4.78, 5) is 11.8. The van der Waals surface area contributed by atoms with Crippen LogP contribution < -0.4 is 5.32 Å². The maximum Gasteiger partial charge on any atom is 0.412 e. The average molecular weight is 334 g/mol. The molecule has 122 valence electrons. The largest absolute Gasteiger partial charge is 0.444 e. The van der Waals surface area contributed by atoms with E-state index in [1.807, 2.05) is 18.2 Å². The Labute approximate surface area is 141 Å². The molecule has 5 heteroatoms. The van der Waals surface area contributed by atoms with Crippen molar-refractivity contribution in [3.63, 3.8) is 0 Å². The molecule has 0 saturated carbocycles. The van der Waals surface area contributed by atoms with Gasteiger partial charge < -0.3 is 9.84 Å². The Morgan fingerprint density at radius 3 is 2.39 bits per heavy atom. The number of aliphatic hydroxyl groups excluding tert-OH is 1. The number of anilines is 1. The third kappa shape index (κ3) is 4.98. The van der Waals surface area contributed by atoms with Crippen molar-refractivity contribution >= 4 is 23.4 Å². The van der Waals surface area contributed by atoms with Crippen LogP contribution in [0.2, 0.25) is 5.02 Å². The first-order valence-corrected chi connectivity index (χ1v) is 7.66. The van der Waals surface area contributed by atoms with Gasteiger partial charge in [0.25, 0.3) is 0 Å². The normalized spacial score (nSPS) is 11.2. The van der Waals surface area contributed by atoms with Gasteiger partial charge in [0, 0.05) is 10.7 Å². The highest BCUT2D eigenvalue weighted by Gasteiger charge is 2.16. The number of halogens is 1. The molecule has 23 heavy (non-hydrogen) atoms. The number of nitrogens with one attached hydrogen (secondary N) is 1. The molecular formula is C18H20ClNO3. The van der Waals surface area contributed by atoms with E-state index in [9.17, 15) is 9.90 Å². The van der Waals surface area contributed by atoms with Gasteiger partial charge in [-0.2, -0.15) is 0 Å². The van der Waals surface area contributed by atoms with Crippen molar-refractivity contribution in [1.82, 2.24) is 0 Å². The summed E-state index contributed by atoms with van der Waals surface area (Å²) in [5.41, 5.74) is 2.55. The Hall–Kier alpha value is -2.04. The summed E-state index contributed by atoms with van der Waals surface area (Å²) < 4.78 is 5.22. The lowest BCUT2D eigenvalue weighted by Crippen LogP contribution is -2.27. The van der Waals surface area contributed by atoms with Gasteiger partial charge in [-0.25, -0.2) is 4.79 Å². The zero-order valence-electron chi connectivity index (χ0n) is 13.4. The molecular weight excluding hydrogens is 314 g/mol. The number of rotatable bonds is 3. The standard InChI is InChI=1S/C18H20ClNO3/c1-18(2,3)23-17(22)20-15-8-9-16(13(10-15)11-21)12-4-6-14(19)7-5-12/h4-10,21H,11H2,1-3H3,(H,20,22). The zero-order valence-corrected chi connectivity index (χ0v) is 14.1. The highest BCUT2D eigenvalue weighted by molar-refractivity contribution is 6.30. The van der Waals surface area contributed by atoms with E-state index in [4.69, 9.17) is 16.3 Å².